The number of aromatic nitrogens is 1. The number of para-hydroxylation sites is 1. The second kappa shape index (κ2) is 5.27. The lowest BCUT2D eigenvalue weighted by Gasteiger charge is -2.29. The van der Waals surface area contributed by atoms with Crippen LogP contribution < -0.4 is 0 Å². The normalized spacial score (nSPS) is 16.0. The van der Waals surface area contributed by atoms with Gasteiger partial charge in [-0.05, 0) is 50.1 Å². The molecule has 0 radical (unpaired) electrons. The van der Waals surface area contributed by atoms with Gasteiger partial charge in [0.1, 0.15) is 0 Å². The first-order valence-electron chi connectivity index (χ1n) is 7.76. The molecule has 2 nitrogen and oxygen atoms in total. The largest absolute Gasteiger partial charge is 0.278 e. The molecule has 3 aromatic rings. The first-order valence-corrected chi connectivity index (χ1v) is 8.55. The molecular weight excluding hydrogens is 348 g/mol. The van der Waals surface area contributed by atoms with Crippen LogP contribution in [0.5, 0.6) is 0 Å². The maximum absolute atomic E-state index is 5.03. The van der Waals surface area contributed by atoms with Gasteiger partial charge in [-0.25, -0.2) is 0 Å². The van der Waals surface area contributed by atoms with Gasteiger partial charge in [0, 0.05) is 27.2 Å². The molecule has 0 fully saturated rings. The Balaban J connectivity index is 1.94. The molecule has 2 heterocycles. The minimum absolute atomic E-state index is 0.0954. The zero-order valence-electron chi connectivity index (χ0n) is 13.2. The zero-order valence-corrected chi connectivity index (χ0v) is 14.8. The van der Waals surface area contributed by atoms with E-state index in [1.165, 1.54) is 11.1 Å². The maximum atomic E-state index is 5.03. The Morgan fingerprint density at radius 1 is 1.04 bits per heavy atom. The van der Waals surface area contributed by atoms with Crippen LogP contribution in [0.3, 0.4) is 0 Å². The number of fused-ring (bicyclic) bond motifs is 2. The number of halogens is 1. The van der Waals surface area contributed by atoms with Gasteiger partial charge < -0.3 is 0 Å². The van der Waals surface area contributed by atoms with Crippen molar-refractivity contribution in [3.8, 4) is 0 Å². The molecule has 0 saturated heterocycles. The number of pyridine rings is 1. The lowest BCUT2D eigenvalue weighted by Crippen LogP contribution is -2.29. The number of benzene rings is 2. The number of hydrogen-bond acceptors (Lipinski definition) is 2. The Morgan fingerprint density at radius 2 is 1.87 bits per heavy atom. The molecule has 0 unspecified atom stereocenters. The van der Waals surface area contributed by atoms with Gasteiger partial charge in [-0.1, -0.05) is 40.2 Å². The molecule has 1 aliphatic heterocycles. The van der Waals surface area contributed by atoms with Gasteiger partial charge in [0.05, 0.1) is 16.8 Å². The summed E-state index contributed by atoms with van der Waals surface area (Å²) in [5.41, 5.74) is 5.59. The van der Waals surface area contributed by atoms with Gasteiger partial charge in [-0.2, -0.15) is 0 Å². The van der Waals surface area contributed by atoms with E-state index in [9.17, 15) is 0 Å². The van der Waals surface area contributed by atoms with Crippen molar-refractivity contribution in [3.05, 3.63) is 75.9 Å². The summed E-state index contributed by atoms with van der Waals surface area (Å²) in [4.78, 5) is 9.64. The fourth-order valence-corrected chi connectivity index (χ4v) is 3.57. The summed E-state index contributed by atoms with van der Waals surface area (Å²) in [5.74, 6) is 0. The van der Waals surface area contributed by atoms with Gasteiger partial charge in [0.15, 0.2) is 0 Å². The van der Waals surface area contributed by atoms with Crippen molar-refractivity contribution in [3.63, 3.8) is 0 Å². The smallest absolute Gasteiger partial charge is 0.0744 e. The molecule has 114 valence electrons. The van der Waals surface area contributed by atoms with Crippen molar-refractivity contribution < 1.29 is 0 Å². The highest BCUT2D eigenvalue weighted by atomic mass is 79.9. The van der Waals surface area contributed by atoms with Crippen molar-refractivity contribution in [2.45, 2.75) is 25.8 Å². The molecule has 0 N–H and O–H groups in total. The van der Waals surface area contributed by atoms with Gasteiger partial charge >= 0.3 is 0 Å². The molecular formula is C20H17BrN2. The zero-order chi connectivity index (χ0) is 16.0. The molecule has 0 aliphatic carbocycles. The van der Waals surface area contributed by atoms with E-state index in [0.717, 1.165) is 33.1 Å². The summed E-state index contributed by atoms with van der Waals surface area (Å²) in [6.45, 7) is 4.37. The highest BCUT2D eigenvalue weighted by Crippen LogP contribution is 2.31. The van der Waals surface area contributed by atoms with E-state index in [2.05, 4.69) is 65.1 Å². The fraction of sp³-hybridized carbons (Fsp3) is 0.200. The van der Waals surface area contributed by atoms with Crippen molar-refractivity contribution in [2.24, 2.45) is 4.99 Å². The highest BCUT2D eigenvalue weighted by molar-refractivity contribution is 9.10. The van der Waals surface area contributed by atoms with Crippen LogP contribution in [0.2, 0.25) is 0 Å². The summed E-state index contributed by atoms with van der Waals surface area (Å²) in [6, 6.07) is 16.9. The van der Waals surface area contributed by atoms with E-state index in [1.807, 2.05) is 24.4 Å². The van der Waals surface area contributed by atoms with E-state index in [-0.39, 0.29) is 5.54 Å². The predicted octanol–water partition coefficient (Wildman–Crippen LogP) is 5.17. The summed E-state index contributed by atoms with van der Waals surface area (Å²) < 4.78 is 1.08. The van der Waals surface area contributed by atoms with Gasteiger partial charge in [0.25, 0.3) is 0 Å². The molecule has 0 spiro atoms. The molecule has 1 aromatic heterocycles. The van der Waals surface area contributed by atoms with E-state index in [1.54, 1.807) is 0 Å². The lowest BCUT2D eigenvalue weighted by molar-refractivity contribution is 0.513. The van der Waals surface area contributed by atoms with Gasteiger partial charge in [-0.3, -0.25) is 9.98 Å². The van der Waals surface area contributed by atoms with Crippen LogP contribution in [-0.2, 0) is 6.42 Å². The number of nitrogens with zero attached hydrogens (tertiary/aromatic N) is 2. The third-order valence-electron chi connectivity index (χ3n) is 4.23. The molecule has 0 amide bonds. The van der Waals surface area contributed by atoms with Gasteiger partial charge in [-0.15, -0.1) is 0 Å². The van der Waals surface area contributed by atoms with Crippen LogP contribution in [0.15, 0.2) is 64.2 Å². The third kappa shape index (κ3) is 2.70. The van der Waals surface area contributed by atoms with Crippen molar-refractivity contribution in [1.82, 2.24) is 4.98 Å². The monoisotopic (exact) mass is 364 g/mol. The van der Waals surface area contributed by atoms with Crippen LogP contribution in [0, 0.1) is 0 Å². The molecule has 23 heavy (non-hydrogen) atoms. The maximum Gasteiger partial charge on any atom is 0.0744 e. The minimum Gasteiger partial charge on any atom is -0.278 e. The number of rotatable bonds is 1. The standard InChI is InChI=1S/C20H17BrN2/c1-20(2)11-14-7-8-16(21)10-17(14)19(23-20)15-9-13-5-3-4-6-18(13)22-12-15/h3-10,12H,11H2,1-2H3. The van der Waals surface area contributed by atoms with Crippen molar-refractivity contribution >= 4 is 32.5 Å². The lowest BCUT2D eigenvalue weighted by atomic mass is 9.85. The predicted molar refractivity (Wildman–Crippen MR) is 99.3 cm³/mol. The summed E-state index contributed by atoms with van der Waals surface area (Å²) in [5, 5.41) is 1.15. The fourth-order valence-electron chi connectivity index (χ4n) is 3.21. The second-order valence-electron chi connectivity index (χ2n) is 6.67. The van der Waals surface area contributed by atoms with Crippen LogP contribution in [0.25, 0.3) is 10.9 Å². The summed E-state index contributed by atoms with van der Waals surface area (Å²) in [7, 11) is 0. The number of aliphatic imine (C=N–C) groups is 1. The van der Waals surface area contributed by atoms with E-state index >= 15 is 0 Å². The molecule has 3 heteroatoms. The van der Waals surface area contributed by atoms with Gasteiger partial charge in [0.2, 0.25) is 0 Å². The summed E-state index contributed by atoms with van der Waals surface area (Å²) >= 11 is 3.59. The quantitative estimate of drug-likeness (QED) is 0.584. The topological polar surface area (TPSA) is 25.2 Å². The van der Waals surface area contributed by atoms with Crippen LogP contribution in [-0.4, -0.2) is 16.2 Å². The Morgan fingerprint density at radius 3 is 2.74 bits per heavy atom. The van der Waals surface area contributed by atoms with Crippen LogP contribution in [0.4, 0.5) is 0 Å². The Bertz CT molecular complexity index is 941. The van der Waals surface area contributed by atoms with E-state index < -0.39 is 0 Å². The second-order valence-corrected chi connectivity index (χ2v) is 7.58. The Kier molecular flexibility index (Phi) is 3.34. The Hall–Kier alpha value is -2.00. The van der Waals surface area contributed by atoms with Crippen molar-refractivity contribution in [1.29, 1.82) is 0 Å². The minimum atomic E-state index is -0.0954. The average Bonchev–Trinajstić information content (AvgIpc) is 2.53. The Labute approximate surface area is 144 Å². The first-order chi connectivity index (χ1) is 11.0. The van der Waals surface area contributed by atoms with Crippen LogP contribution >= 0.6 is 15.9 Å². The van der Waals surface area contributed by atoms with E-state index in [0.29, 0.717) is 0 Å². The molecule has 4 rings (SSSR count). The van der Waals surface area contributed by atoms with Crippen molar-refractivity contribution in [2.75, 3.05) is 0 Å². The molecule has 0 bridgehead atoms. The molecule has 2 aromatic carbocycles. The third-order valence-corrected chi connectivity index (χ3v) is 4.72. The summed E-state index contributed by atoms with van der Waals surface area (Å²) in [6.07, 6.45) is 2.90. The first kappa shape index (κ1) is 14.6. The molecule has 0 atom stereocenters. The number of hydrogen-bond donors (Lipinski definition) is 0. The average molecular weight is 365 g/mol. The van der Waals surface area contributed by atoms with E-state index in [4.69, 9.17) is 4.99 Å². The molecule has 1 aliphatic rings. The van der Waals surface area contributed by atoms with Crippen LogP contribution in [0.1, 0.15) is 30.5 Å². The SMILES string of the molecule is CC1(C)Cc2ccc(Br)cc2C(c2cnc3ccccc3c2)=N1. The molecule has 0 saturated carbocycles. The highest BCUT2D eigenvalue weighted by Gasteiger charge is 2.27.